The molecule has 3 N–H and O–H groups in total. The number of aliphatic carboxylic acids is 1. The Morgan fingerprint density at radius 2 is 1.83 bits per heavy atom. The normalized spacial score (nSPS) is 12.8. The van der Waals surface area contributed by atoms with Crippen LogP contribution in [0.2, 0.25) is 0 Å². The van der Waals surface area contributed by atoms with Gasteiger partial charge in [-0.25, -0.2) is 18.1 Å². The summed E-state index contributed by atoms with van der Waals surface area (Å²) >= 11 is 0. The van der Waals surface area contributed by atoms with Crippen LogP contribution >= 0.6 is 0 Å². The van der Waals surface area contributed by atoms with Crippen molar-refractivity contribution in [2.45, 2.75) is 62.8 Å². The van der Waals surface area contributed by atoms with Crippen LogP contribution in [0, 0.1) is 0 Å². The highest BCUT2D eigenvalue weighted by molar-refractivity contribution is 7.89. The van der Waals surface area contributed by atoms with Crippen LogP contribution < -0.4 is 10.0 Å². The number of benzene rings is 1. The van der Waals surface area contributed by atoms with Gasteiger partial charge in [0.15, 0.2) is 0 Å². The standard InChI is InChI=1S/C27H34N4O4S/c1-4-5-15-27(2,3)21-13-11-20(12-14-21)17-24(31-36(34,35)22-8-7-16-28-18-22)23-9-6-10-25(30-23)29-19-26(32)33/h6-14,16,18,24,31H,4-5,15,17,19H2,1-3H3,(H,29,30)(H,32,33). The molecule has 192 valence electrons. The summed E-state index contributed by atoms with van der Waals surface area (Å²) in [6, 6.07) is 15.7. The highest BCUT2D eigenvalue weighted by atomic mass is 32.2. The number of pyridine rings is 2. The van der Waals surface area contributed by atoms with E-state index in [4.69, 9.17) is 5.11 Å². The SMILES string of the molecule is CCCCC(C)(C)c1ccc(CC(NS(=O)(=O)c2cccnc2)c2cccc(NCC(=O)O)n2)cc1. The van der Waals surface area contributed by atoms with Crippen molar-refractivity contribution in [3.05, 3.63) is 83.8 Å². The number of rotatable bonds is 13. The zero-order valence-electron chi connectivity index (χ0n) is 20.9. The van der Waals surface area contributed by atoms with Gasteiger partial charge in [0.05, 0.1) is 11.7 Å². The molecule has 9 heteroatoms. The summed E-state index contributed by atoms with van der Waals surface area (Å²) in [5.41, 5.74) is 2.73. The van der Waals surface area contributed by atoms with Gasteiger partial charge in [-0.3, -0.25) is 9.78 Å². The molecular formula is C27H34N4O4S. The van der Waals surface area contributed by atoms with E-state index in [0.29, 0.717) is 17.9 Å². The molecule has 0 saturated heterocycles. The minimum Gasteiger partial charge on any atom is -0.480 e. The van der Waals surface area contributed by atoms with E-state index in [1.54, 1.807) is 24.3 Å². The van der Waals surface area contributed by atoms with Crippen molar-refractivity contribution in [2.75, 3.05) is 11.9 Å². The number of hydrogen-bond acceptors (Lipinski definition) is 6. The fourth-order valence-corrected chi connectivity index (χ4v) is 5.14. The number of unbranched alkanes of at least 4 members (excludes halogenated alkanes) is 1. The fraction of sp³-hybridized carbons (Fsp3) is 0.370. The van der Waals surface area contributed by atoms with Crippen molar-refractivity contribution in [1.82, 2.24) is 14.7 Å². The maximum atomic E-state index is 13.1. The molecule has 1 aromatic carbocycles. The largest absolute Gasteiger partial charge is 0.480 e. The van der Waals surface area contributed by atoms with Gasteiger partial charge in [-0.2, -0.15) is 0 Å². The molecule has 1 unspecified atom stereocenters. The number of aromatic nitrogens is 2. The summed E-state index contributed by atoms with van der Waals surface area (Å²) < 4.78 is 29.0. The molecule has 0 spiro atoms. The first-order valence-corrected chi connectivity index (χ1v) is 13.5. The minimum atomic E-state index is -3.88. The molecule has 8 nitrogen and oxygen atoms in total. The third-order valence-corrected chi connectivity index (χ3v) is 7.58. The van der Waals surface area contributed by atoms with Crippen molar-refractivity contribution in [2.24, 2.45) is 0 Å². The molecule has 0 fully saturated rings. The second kappa shape index (κ2) is 12.1. The summed E-state index contributed by atoms with van der Waals surface area (Å²) in [4.78, 5) is 19.4. The van der Waals surface area contributed by atoms with Gasteiger partial charge in [0.25, 0.3) is 0 Å². The summed E-state index contributed by atoms with van der Waals surface area (Å²) in [7, 11) is -3.88. The van der Waals surface area contributed by atoms with Gasteiger partial charge in [-0.15, -0.1) is 0 Å². The molecule has 0 aliphatic heterocycles. The highest BCUT2D eigenvalue weighted by Crippen LogP contribution is 2.30. The first-order chi connectivity index (χ1) is 17.1. The molecule has 2 aromatic heterocycles. The monoisotopic (exact) mass is 510 g/mol. The van der Waals surface area contributed by atoms with Crippen LogP contribution in [0.15, 0.2) is 71.9 Å². The molecule has 0 aliphatic carbocycles. The number of nitrogens with zero attached hydrogens (tertiary/aromatic N) is 2. The van der Waals surface area contributed by atoms with Gasteiger partial charge < -0.3 is 10.4 Å². The summed E-state index contributed by atoms with van der Waals surface area (Å²) in [6.07, 6.45) is 6.57. The summed E-state index contributed by atoms with van der Waals surface area (Å²) in [5.74, 6) is -0.661. The maximum absolute atomic E-state index is 13.1. The average Bonchev–Trinajstić information content (AvgIpc) is 2.87. The number of sulfonamides is 1. The number of carboxylic acids is 1. The predicted octanol–water partition coefficient (Wildman–Crippen LogP) is 4.70. The Hall–Kier alpha value is -3.30. The quantitative estimate of drug-likeness (QED) is 0.305. The number of carbonyl (C=O) groups is 1. The predicted molar refractivity (Wildman–Crippen MR) is 140 cm³/mol. The fourth-order valence-electron chi connectivity index (χ4n) is 3.97. The number of nitrogens with one attached hydrogen (secondary N) is 2. The molecule has 3 rings (SSSR count). The summed E-state index contributed by atoms with van der Waals surface area (Å²) in [6.45, 7) is 6.37. The van der Waals surface area contributed by atoms with E-state index >= 15 is 0 Å². The lowest BCUT2D eigenvalue weighted by Gasteiger charge is -2.26. The van der Waals surface area contributed by atoms with E-state index in [1.807, 2.05) is 12.1 Å². The molecule has 0 aliphatic rings. The zero-order chi connectivity index (χ0) is 26.2. The number of carboxylic acid groups (broad SMARTS) is 1. The van der Waals surface area contributed by atoms with Crippen molar-refractivity contribution in [3.63, 3.8) is 0 Å². The first-order valence-electron chi connectivity index (χ1n) is 12.0. The van der Waals surface area contributed by atoms with Crippen molar-refractivity contribution < 1.29 is 18.3 Å². The molecule has 3 aromatic rings. The Morgan fingerprint density at radius 1 is 1.08 bits per heavy atom. The summed E-state index contributed by atoms with van der Waals surface area (Å²) in [5, 5.41) is 11.7. The number of hydrogen-bond donors (Lipinski definition) is 3. The minimum absolute atomic E-state index is 0.0571. The van der Waals surface area contributed by atoms with Gasteiger partial charge in [-0.05, 0) is 53.6 Å². The van der Waals surface area contributed by atoms with Crippen LogP contribution in [0.5, 0.6) is 0 Å². The van der Waals surface area contributed by atoms with E-state index in [9.17, 15) is 13.2 Å². The molecule has 0 radical (unpaired) electrons. The lowest BCUT2D eigenvalue weighted by Crippen LogP contribution is -2.31. The second-order valence-corrected chi connectivity index (χ2v) is 11.2. The maximum Gasteiger partial charge on any atom is 0.322 e. The molecule has 2 heterocycles. The van der Waals surface area contributed by atoms with Gasteiger partial charge in [0.2, 0.25) is 10.0 Å². The van der Waals surface area contributed by atoms with Crippen molar-refractivity contribution >= 4 is 21.8 Å². The van der Waals surface area contributed by atoms with E-state index in [2.05, 4.69) is 52.9 Å². The lowest BCUT2D eigenvalue weighted by molar-refractivity contribution is -0.134. The van der Waals surface area contributed by atoms with Crippen LogP contribution in [0.3, 0.4) is 0 Å². The van der Waals surface area contributed by atoms with Crippen LogP contribution in [0.25, 0.3) is 0 Å². The van der Waals surface area contributed by atoms with E-state index in [1.165, 1.54) is 24.0 Å². The molecule has 0 amide bonds. The van der Waals surface area contributed by atoms with Gasteiger partial charge in [0.1, 0.15) is 17.3 Å². The third-order valence-electron chi connectivity index (χ3n) is 6.12. The van der Waals surface area contributed by atoms with Gasteiger partial charge in [-0.1, -0.05) is 63.9 Å². The Bertz CT molecular complexity index is 1250. The lowest BCUT2D eigenvalue weighted by atomic mass is 9.80. The first kappa shape index (κ1) is 27.3. The van der Waals surface area contributed by atoms with Gasteiger partial charge in [0, 0.05) is 12.4 Å². The molecule has 36 heavy (non-hydrogen) atoms. The topological polar surface area (TPSA) is 121 Å². The smallest absolute Gasteiger partial charge is 0.322 e. The van der Waals surface area contributed by atoms with Crippen LogP contribution in [0.1, 0.15) is 62.9 Å². The Labute approximate surface area is 213 Å². The third kappa shape index (κ3) is 7.60. The molecule has 0 bridgehead atoms. The average molecular weight is 511 g/mol. The van der Waals surface area contributed by atoms with Gasteiger partial charge >= 0.3 is 5.97 Å². The van der Waals surface area contributed by atoms with E-state index < -0.39 is 22.0 Å². The van der Waals surface area contributed by atoms with Crippen LogP contribution in [-0.2, 0) is 26.7 Å². The highest BCUT2D eigenvalue weighted by Gasteiger charge is 2.24. The Morgan fingerprint density at radius 3 is 2.47 bits per heavy atom. The van der Waals surface area contributed by atoms with Crippen LogP contribution in [0.4, 0.5) is 5.82 Å². The Kier molecular flexibility index (Phi) is 9.17. The van der Waals surface area contributed by atoms with E-state index in [-0.39, 0.29) is 16.9 Å². The van der Waals surface area contributed by atoms with E-state index in [0.717, 1.165) is 24.8 Å². The molecular weight excluding hydrogens is 476 g/mol. The second-order valence-electron chi connectivity index (χ2n) is 9.45. The Balaban J connectivity index is 1.89. The van der Waals surface area contributed by atoms with Crippen LogP contribution in [-0.4, -0.2) is 36.0 Å². The van der Waals surface area contributed by atoms with Crippen molar-refractivity contribution in [1.29, 1.82) is 0 Å². The zero-order valence-corrected chi connectivity index (χ0v) is 21.8. The molecule has 0 saturated carbocycles. The number of anilines is 1. The molecule has 1 atom stereocenters. The van der Waals surface area contributed by atoms with Crippen molar-refractivity contribution in [3.8, 4) is 0 Å².